The summed E-state index contributed by atoms with van der Waals surface area (Å²) in [6.45, 7) is 4.16. The summed E-state index contributed by atoms with van der Waals surface area (Å²) in [4.78, 5) is 13.8. The predicted molar refractivity (Wildman–Crippen MR) is 86.8 cm³/mol. The normalized spacial score (nSPS) is 16.3. The molecule has 0 bridgehead atoms. The Morgan fingerprint density at radius 2 is 1.78 bits per heavy atom. The molecule has 1 aliphatic rings. The molecule has 2 rings (SSSR count). The largest absolute Gasteiger partial charge is 0.383 e. The van der Waals surface area contributed by atoms with Crippen LogP contribution in [0.15, 0.2) is 29.2 Å². The molecule has 128 valence electrons. The van der Waals surface area contributed by atoms with Crippen molar-refractivity contribution in [2.45, 2.75) is 11.8 Å². The molecule has 0 aliphatic carbocycles. The van der Waals surface area contributed by atoms with Gasteiger partial charge in [-0.15, -0.1) is 0 Å². The van der Waals surface area contributed by atoms with Crippen molar-refractivity contribution in [3.05, 3.63) is 29.8 Å². The summed E-state index contributed by atoms with van der Waals surface area (Å²) in [5, 5.41) is 2.74. The van der Waals surface area contributed by atoms with E-state index in [0.29, 0.717) is 44.2 Å². The molecule has 1 N–H and O–H groups in total. The second-order valence-corrected chi connectivity index (χ2v) is 7.37. The van der Waals surface area contributed by atoms with E-state index in [9.17, 15) is 13.2 Å². The monoisotopic (exact) mass is 341 g/mol. The summed E-state index contributed by atoms with van der Waals surface area (Å²) >= 11 is 0. The highest BCUT2D eigenvalue weighted by molar-refractivity contribution is 7.89. The van der Waals surface area contributed by atoms with Crippen LogP contribution in [0, 0.1) is 6.92 Å². The number of carbonyl (C=O) groups excluding carboxylic acids is 1. The van der Waals surface area contributed by atoms with Crippen molar-refractivity contribution in [1.29, 1.82) is 0 Å². The number of ether oxygens (including phenoxy) is 1. The lowest BCUT2D eigenvalue weighted by atomic mass is 10.2. The Morgan fingerprint density at radius 1 is 1.17 bits per heavy atom. The highest BCUT2D eigenvalue weighted by atomic mass is 32.2. The number of nitrogens with one attached hydrogen (secondary N) is 1. The van der Waals surface area contributed by atoms with Crippen molar-refractivity contribution >= 4 is 16.1 Å². The van der Waals surface area contributed by atoms with Crippen LogP contribution in [0.3, 0.4) is 0 Å². The van der Waals surface area contributed by atoms with Crippen LogP contribution in [0.4, 0.5) is 4.79 Å². The smallest absolute Gasteiger partial charge is 0.317 e. The quantitative estimate of drug-likeness (QED) is 0.798. The van der Waals surface area contributed by atoms with E-state index in [1.807, 2.05) is 6.92 Å². The number of aryl methyl sites for hydroxylation is 1. The fourth-order valence-electron chi connectivity index (χ4n) is 2.36. The van der Waals surface area contributed by atoms with Gasteiger partial charge in [0.25, 0.3) is 0 Å². The number of sulfonamides is 1. The maximum absolute atomic E-state index is 12.6. The van der Waals surface area contributed by atoms with Crippen molar-refractivity contribution in [3.8, 4) is 0 Å². The molecule has 1 saturated heterocycles. The highest BCUT2D eigenvalue weighted by Gasteiger charge is 2.29. The standard InChI is InChI=1S/C15H23N3O4S/c1-13-3-5-14(6-4-13)23(20,21)18-10-8-17(9-11-18)15(19)16-7-12-22-2/h3-6H,7-12H2,1-2H3,(H,16,19). The average Bonchev–Trinajstić information content (AvgIpc) is 2.55. The van der Waals surface area contributed by atoms with Gasteiger partial charge < -0.3 is 15.0 Å². The first-order valence-electron chi connectivity index (χ1n) is 7.53. The molecule has 8 heteroatoms. The molecule has 23 heavy (non-hydrogen) atoms. The number of hydrogen-bond acceptors (Lipinski definition) is 4. The molecule has 0 atom stereocenters. The molecule has 0 saturated carbocycles. The first-order valence-corrected chi connectivity index (χ1v) is 8.97. The zero-order valence-corrected chi connectivity index (χ0v) is 14.3. The fourth-order valence-corrected chi connectivity index (χ4v) is 3.78. The Labute approximate surface area is 137 Å². The number of amides is 2. The topological polar surface area (TPSA) is 79.0 Å². The van der Waals surface area contributed by atoms with E-state index in [1.165, 1.54) is 4.31 Å². The van der Waals surface area contributed by atoms with Crippen molar-refractivity contribution in [2.24, 2.45) is 0 Å². The molecular weight excluding hydrogens is 318 g/mol. The van der Waals surface area contributed by atoms with Crippen molar-refractivity contribution in [1.82, 2.24) is 14.5 Å². The van der Waals surface area contributed by atoms with Crippen LogP contribution in [0.5, 0.6) is 0 Å². The van der Waals surface area contributed by atoms with Gasteiger partial charge in [0.2, 0.25) is 10.0 Å². The number of methoxy groups -OCH3 is 1. The number of hydrogen-bond donors (Lipinski definition) is 1. The van der Waals surface area contributed by atoms with Crippen LogP contribution in [0.25, 0.3) is 0 Å². The summed E-state index contributed by atoms with van der Waals surface area (Å²) < 4.78 is 31.5. The SMILES string of the molecule is COCCNC(=O)N1CCN(S(=O)(=O)c2ccc(C)cc2)CC1. The van der Waals surface area contributed by atoms with Gasteiger partial charge in [-0.3, -0.25) is 0 Å². The van der Waals surface area contributed by atoms with Crippen LogP contribution < -0.4 is 5.32 Å². The molecule has 1 fully saturated rings. The molecule has 1 heterocycles. The van der Waals surface area contributed by atoms with E-state index in [-0.39, 0.29) is 6.03 Å². The molecular formula is C15H23N3O4S. The molecule has 1 aromatic rings. The summed E-state index contributed by atoms with van der Waals surface area (Å²) in [7, 11) is -1.92. The van der Waals surface area contributed by atoms with E-state index in [0.717, 1.165) is 5.56 Å². The second-order valence-electron chi connectivity index (χ2n) is 5.43. The van der Waals surface area contributed by atoms with Crippen LogP contribution in [-0.4, -0.2) is 70.1 Å². The summed E-state index contributed by atoms with van der Waals surface area (Å²) in [5.74, 6) is 0. The van der Waals surface area contributed by atoms with Crippen molar-refractivity contribution in [2.75, 3.05) is 46.4 Å². The lowest BCUT2D eigenvalue weighted by Gasteiger charge is -2.34. The van der Waals surface area contributed by atoms with E-state index in [4.69, 9.17) is 4.74 Å². The van der Waals surface area contributed by atoms with Crippen LogP contribution >= 0.6 is 0 Å². The molecule has 1 aliphatic heterocycles. The third kappa shape index (κ3) is 4.43. The minimum atomic E-state index is -3.49. The van der Waals surface area contributed by atoms with Gasteiger partial charge in [-0.25, -0.2) is 13.2 Å². The predicted octanol–water partition coefficient (Wildman–Crippen LogP) is 0.657. The van der Waals surface area contributed by atoms with E-state index >= 15 is 0 Å². The van der Waals surface area contributed by atoms with Crippen LogP contribution in [-0.2, 0) is 14.8 Å². The molecule has 2 amide bonds. The van der Waals surface area contributed by atoms with Crippen LogP contribution in [0.2, 0.25) is 0 Å². The maximum Gasteiger partial charge on any atom is 0.317 e. The Kier molecular flexibility index (Phi) is 5.97. The number of piperazine rings is 1. The van der Waals surface area contributed by atoms with Crippen molar-refractivity contribution in [3.63, 3.8) is 0 Å². The molecule has 0 unspecified atom stereocenters. The molecule has 0 radical (unpaired) electrons. The van der Waals surface area contributed by atoms with E-state index < -0.39 is 10.0 Å². The van der Waals surface area contributed by atoms with Gasteiger partial charge in [-0.2, -0.15) is 4.31 Å². The zero-order valence-electron chi connectivity index (χ0n) is 13.5. The second kappa shape index (κ2) is 7.76. The first kappa shape index (κ1) is 17.7. The minimum Gasteiger partial charge on any atom is -0.383 e. The number of benzene rings is 1. The van der Waals surface area contributed by atoms with Gasteiger partial charge in [0.1, 0.15) is 0 Å². The van der Waals surface area contributed by atoms with E-state index in [1.54, 1.807) is 36.3 Å². The number of rotatable bonds is 5. The number of nitrogens with zero attached hydrogens (tertiary/aromatic N) is 2. The Bertz CT molecular complexity index is 623. The maximum atomic E-state index is 12.6. The first-order chi connectivity index (χ1) is 10.9. The zero-order chi connectivity index (χ0) is 16.9. The third-order valence-electron chi connectivity index (χ3n) is 3.77. The molecule has 1 aromatic carbocycles. The van der Waals surface area contributed by atoms with Crippen molar-refractivity contribution < 1.29 is 17.9 Å². The summed E-state index contributed by atoms with van der Waals surface area (Å²) in [6.07, 6.45) is 0. The van der Waals surface area contributed by atoms with Gasteiger partial charge in [-0.05, 0) is 19.1 Å². The number of carbonyl (C=O) groups is 1. The summed E-state index contributed by atoms with van der Waals surface area (Å²) in [5.41, 5.74) is 1.02. The Morgan fingerprint density at radius 3 is 2.35 bits per heavy atom. The van der Waals surface area contributed by atoms with Gasteiger partial charge >= 0.3 is 6.03 Å². The number of urea groups is 1. The third-order valence-corrected chi connectivity index (χ3v) is 5.68. The lowest BCUT2D eigenvalue weighted by Crippen LogP contribution is -2.53. The van der Waals surface area contributed by atoms with Gasteiger partial charge in [0.15, 0.2) is 0 Å². The van der Waals surface area contributed by atoms with Gasteiger partial charge in [0, 0.05) is 39.8 Å². The Hall–Kier alpha value is -1.64. The fraction of sp³-hybridized carbons (Fsp3) is 0.533. The van der Waals surface area contributed by atoms with Gasteiger partial charge in [0.05, 0.1) is 11.5 Å². The molecule has 0 spiro atoms. The van der Waals surface area contributed by atoms with E-state index in [2.05, 4.69) is 5.32 Å². The Balaban J connectivity index is 1.93. The minimum absolute atomic E-state index is 0.186. The molecule has 0 aromatic heterocycles. The highest BCUT2D eigenvalue weighted by Crippen LogP contribution is 2.18. The molecule has 7 nitrogen and oxygen atoms in total. The van der Waals surface area contributed by atoms with Crippen LogP contribution in [0.1, 0.15) is 5.56 Å². The van der Waals surface area contributed by atoms with Gasteiger partial charge in [-0.1, -0.05) is 17.7 Å². The summed E-state index contributed by atoms with van der Waals surface area (Å²) in [6, 6.07) is 6.62. The average molecular weight is 341 g/mol. The lowest BCUT2D eigenvalue weighted by molar-refractivity contribution is 0.163.